The van der Waals surface area contributed by atoms with Gasteiger partial charge in [0.2, 0.25) is 5.96 Å². The summed E-state index contributed by atoms with van der Waals surface area (Å²) in [6.07, 6.45) is 0. The van der Waals surface area contributed by atoms with Gasteiger partial charge >= 0.3 is 0 Å². The highest BCUT2D eigenvalue weighted by Crippen LogP contribution is 2.20. The number of rotatable bonds is 5. The number of nitrogens with zero attached hydrogens (tertiary/aromatic N) is 2. The topological polar surface area (TPSA) is 86.7 Å². The van der Waals surface area contributed by atoms with E-state index < -0.39 is 0 Å². The van der Waals surface area contributed by atoms with Gasteiger partial charge in [-0.2, -0.15) is 0 Å². The Labute approximate surface area is 177 Å². The van der Waals surface area contributed by atoms with E-state index in [2.05, 4.69) is 40.6 Å². The zero-order valence-electron chi connectivity index (χ0n) is 16.6. The van der Waals surface area contributed by atoms with Crippen LogP contribution in [0.25, 0.3) is 10.8 Å². The highest BCUT2D eigenvalue weighted by molar-refractivity contribution is 5.96. The maximum atomic E-state index is 7.61. The van der Waals surface area contributed by atoms with Crippen molar-refractivity contribution in [2.45, 2.75) is 13.1 Å². The number of ether oxygens (including phenoxy) is 1. The van der Waals surface area contributed by atoms with E-state index >= 15 is 0 Å². The Morgan fingerprint density at radius 2 is 1.76 bits per heavy atom. The first-order valence-electron chi connectivity index (χ1n) is 9.03. The SMILES string of the molecule is COc1ccc(CN=C(NC(=N)N)N(C)Cc2cccc3ccccc23)cc1.Cl. The van der Waals surface area contributed by atoms with E-state index in [1.165, 1.54) is 16.3 Å². The summed E-state index contributed by atoms with van der Waals surface area (Å²) in [7, 11) is 3.58. The Bertz CT molecular complexity index is 983. The number of fused-ring (bicyclic) bond motifs is 1. The molecule has 0 spiro atoms. The van der Waals surface area contributed by atoms with Crippen molar-refractivity contribution >= 4 is 35.1 Å². The van der Waals surface area contributed by atoms with Gasteiger partial charge in [-0.15, -0.1) is 12.4 Å². The summed E-state index contributed by atoms with van der Waals surface area (Å²) in [6.45, 7) is 1.11. The first kappa shape index (κ1) is 22.0. The average Bonchev–Trinajstić information content (AvgIpc) is 2.71. The fraction of sp³-hybridized carbons (Fsp3) is 0.182. The van der Waals surface area contributed by atoms with E-state index in [0.717, 1.165) is 11.3 Å². The summed E-state index contributed by atoms with van der Waals surface area (Å²) in [6, 6.07) is 22.3. The van der Waals surface area contributed by atoms with Crippen LogP contribution in [0.3, 0.4) is 0 Å². The van der Waals surface area contributed by atoms with Gasteiger partial charge in [0, 0.05) is 13.6 Å². The zero-order chi connectivity index (χ0) is 19.9. The summed E-state index contributed by atoms with van der Waals surface area (Å²) in [5.41, 5.74) is 7.80. The van der Waals surface area contributed by atoms with E-state index in [4.69, 9.17) is 15.9 Å². The lowest BCUT2D eigenvalue weighted by Gasteiger charge is -2.22. The fourth-order valence-corrected chi connectivity index (χ4v) is 3.03. The standard InChI is InChI=1S/C22H25N5O.ClH/c1-27(15-18-8-5-7-17-6-3-4-9-20(17)18)22(26-21(23)24)25-14-16-10-12-19(28-2)13-11-16;/h3-13H,14-15H2,1-2H3,(H4,23,24,25,26);1H. The number of aliphatic imine (C=N–C) groups is 1. The predicted octanol–water partition coefficient (Wildman–Crippen LogP) is 3.74. The molecule has 0 bridgehead atoms. The second kappa shape index (κ2) is 10.3. The van der Waals surface area contributed by atoms with Gasteiger partial charge in [0.05, 0.1) is 13.7 Å². The maximum absolute atomic E-state index is 7.61. The van der Waals surface area contributed by atoms with E-state index in [-0.39, 0.29) is 18.4 Å². The third-order valence-electron chi connectivity index (χ3n) is 4.47. The Morgan fingerprint density at radius 1 is 1.07 bits per heavy atom. The van der Waals surface area contributed by atoms with Gasteiger partial charge < -0.3 is 15.4 Å². The molecule has 7 heteroatoms. The van der Waals surface area contributed by atoms with Crippen LogP contribution in [-0.4, -0.2) is 31.0 Å². The molecule has 0 aromatic heterocycles. The minimum Gasteiger partial charge on any atom is -0.497 e. The Kier molecular flexibility index (Phi) is 7.86. The van der Waals surface area contributed by atoms with Gasteiger partial charge in [-0.25, -0.2) is 4.99 Å². The number of nitrogens with one attached hydrogen (secondary N) is 2. The first-order chi connectivity index (χ1) is 13.6. The molecule has 0 saturated carbocycles. The highest BCUT2D eigenvalue weighted by Gasteiger charge is 2.10. The van der Waals surface area contributed by atoms with Crippen molar-refractivity contribution in [2.75, 3.05) is 14.2 Å². The van der Waals surface area contributed by atoms with Crippen molar-refractivity contribution in [1.29, 1.82) is 5.41 Å². The third kappa shape index (κ3) is 5.86. The molecule has 3 aromatic carbocycles. The lowest BCUT2D eigenvalue weighted by atomic mass is 10.0. The Morgan fingerprint density at radius 3 is 2.45 bits per heavy atom. The van der Waals surface area contributed by atoms with Crippen LogP contribution < -0.4 is 15.8 Å². The number of nitrogens with two attached hydrogens (primary N) is 1. The molecule has 0 aliphatic rings. The summed E-state index contributed by atoms with van der Waals surface area (Å²) in [4.78, 5) is 6.60. The van der Waals surface area contributed by atoms with Gasteiger partial charge in [0.15, 0.2) is 5.96 Å². The Hall–Kier alpha value is -3.25. The third-order valence-corrected chi connectivity index (χ3v) is 4.47. The van der Waals surface area contributed by atoms with Crippen molar-refractivity contribution in [3.8, 4) is 5.75 Å². The molecule has 3 rings (SSSR count). The predicted molar refractivity (Wildman–Crippen MR) is 122 cm³/mol. The summed E-state index contributed by atoms with van der Waals surface area (Å²) < 4.78 is 5.19. The van der Waals surface area contributed by atoms with Crippen LogP contribution in [0, 0.1) is 5.41 Å². The molecule has 0 aliphatic carbocycles. The molecule has 6 nitrogen and oxygen atoms in total. The minimum atomic E-state index is -0.141. The van der Waals surface area contributed by atoms with Gasteiger partial charge in [0.25, 0.3) is 0 Å². The second-order valence-electron chi connectivity index (χ2n) is 6.52. The van der Waals surface area contributed by atoms with Crippen LogP contribution in [0.5, 0.6) is 5.75 Å². The van der Waals surface area contributed by atoms with Crippen LogP contribution >= 0.6 is 12.4 Å². The smallest absolute Gasteiger partial charge is 0.201 e. The molecular weight excluding hydrogens is 386 g/mol. The molecule has 29 heavy (non-hydrogen) atoms. The number of guanidine groups is 2. The number of hydrogen-bond acceptors (Lipinski definition) is 3. The average molecular weight is 412 g/mol. The quantitative estimate of drug-likeness (QED) is 0.441. The minimum absolute atomic E-state index is 0. The largest absolute Gasteiger partial charge is 0.497 e. The Balaban J connectivity index is 0.00000300. The molecule has 152 valence electrons. The molecule has 0 unspecified atom stereocenters. The molecule has 0 heterocycles. The van der Waals surface area contributed by atoms with Crippen LogP contribution in [0.15, 0.2) is 71.7 Å². The number of methoxy groups -OCH3 is 1. The molecule has 4 N–H and O–H groups in total. The van der Waals surface area contributed by atoms with Crippen molar-refractivity contribution in [1.82, 2.24) is 10.2 Å². The molecule has 3 aromatic rings. The first-order valence-corrected chi connectivity index (χ1v) is 9.03. The summed E-state index contributed by atoms with van der Waals surface area (Å²) in [5.74, 6) is 1.22. The van der Waals surface area contributed by atoms with Crippen LogP contribution in [0.2, 0.25) is 0 Å². The molecule has 0 atom stereocenters. The molecule has 0 aliphatic heterocycles. The van der Waals surface area contributed by atoms with E-state index in [1.807, 2.05) is 48.3 Å². The van der Waals surface area contributed by atoms with Crippen molar-refractivity contribution < 1.29 is 4.74 Å². The van der Waals surface area contributed by atoms with E-state index in [0.29, 0.717) is 19.0 Å². The second-order valence-corrected chi connectivity index (χ2v) is 6.52. The van der Waals surface area contributed by atoms with Gasteiger partial charge in [-0.05, 0) is 34.0 Å². The summed E-state index contributed by atoms with van der Waals surface area (Å²) >= 11 is 0. The molecule has 0 radical (unpaired) electrons. The molecule has 0 amide bonds. The van der Waals surface area contributed by atoms with E-state index in [9.17, 15) is 0 Å². The fourth-order valence-electron chi connectivity index (χ4n) is 3.03. The van der Waals surface area contributed by atoms with Crippen molar-refractivity contribution in [2.24, 2.45) is 10.7 Å². The molecule has 0 fully saturated rings. The monoisotopic (exact) mass is 411 g/mol. The van der Waals surface area contributed by atoms with Crippen molar-refractivity contribution in [3.63, 3.8) is 0 Å². The zero-order valence-corrected chi connectivity index (χ0v) is 17.4. The normalized spacial score (nSPS) is 10.9. The van der Waals surface area contributed by atoms with Gasteiger partial charge in [-0.1, -0.05) is 54.6 Å². The summed E-state index contributed by atoms with van der Waals surface area (Å²) in [5, 5.41) is 12.9. The molecule has 0 saturated heterocycles. The van der Waals surface area contributed by atoms with Gasteiger partial charge in [-0.3, -0.25) is 10.7 Å². The van der Waals surface area contributed by atoms with Crippen LogP contribution in [-0.2, 0) is 13.1 Å². The van der Waals surface area contributed by atoms with Crippen LogP contribution in [0.4, 0.5) is 0 Å². The van der Waals surface area contributed by atoms with Crippen LogP contribution in [0.1, 0.15) is 11.1 Å². The van der Waals surface area contributed by atoms with Crippen molar-refractivity contribution in [3.05, 3.63) is 77.9 Å². The number of benzene rings is 3. The number of halogens is 1. The van der Waals surface area contributed by atoms with Gasteiger partial charge in [0.1, 0.15) is 5.75 Å². The molecular formula is C22H26ClN5O. The maximum Gasteiger partial charge on any atom is 0.201 e. The lowest BCUT2D eigenvalue weighted by molar-refractivity contribution is 0.414. The van der Waals surface area contributed by atoms with E-state index in [1.54, 1.807) is 7.11 Å². The highest BCUT2D eigenvalue weighted by atomic mass is 35.5. The lowest BCUT2D eigenvalue weighted by Crippen LogP contribution is -2.44. The number of hydrogen-bond donors (Lipinski definition) is 3.